The Morgan fingerprint density at radius 2 is 1.70 bits per heavy atom. The van der Waals surface area contributed by atoms with E-state index < -0.39 is 68.0 Å². The molecule has 1 saturated carbocycles. The number of H-pyrrole nitrogens is 1. The molecule has 16 heteroatoms. The van der Waals surface area contributed by atoms with Crippen molar-refractivity contribution in [1.29, 1.82) is 0 Å². The molecular weight excluding hydrogens is 626 g/mol. The number of rotatable bonds is 7. The van der Waals surface area contributed by atoms with Gasteiger partial charge in [0.15, 0.2) is 9.84 Å². The molecule has 1 heterocycles. The third kappa shape index (κ3) is 4.95. The number of benzene rings is 2. The van der Waals surface area contributed by atoms with Gasteiger partial charge in [0.1, 0.15) is 16.7 Å². The van der Waals surface area contributed by atoms with Crippen LogP contribution in [0.5, 0.6) is 0 Å². The first-order valence-corrected chi connectivity index (χ1v) is 14.8. The maximum absolute atomic E-state index is 14.9. The van der Waals surface area contributed by atoms with Crippen molar-refractivity contribution < 1.29 is 53.4 Å². The molecule has 2 aliphatic carbocycles. The van der Waals surface area contributed by atoms with Gasteiger partial charge in [0.05, 0.1) is 11.2 Å². The molecule has 7 nitrogen and oxygen atoms in total. The second kappa shape index (κ2) is 10.8. The van der Waals surface area contributed by atoms with E-state index in [0.29, 0.717) is 11.8 Å². The van der Waals surface area contributed by atoms with Crippen molar-refractivity contribution in [1.82, 2.24) is 15.3 Å². The molecule has 0 radical (unpaired) electrons. The van der Waals surface area contributed by atoms with E-state index in [0.717, 1.165) is 30.3 Å². The minimum absolute atomic E-state index is 0.00690. The van der Waals surface area contributed by atoms with Crippen LogP contribution in [-0.2, 0) is 37.9 Å². The second-order valence-corrected chi connectivity index (χ2v) is 13.2. The number of alkyl halides is 7. The number of aryl methyl sites for hydroxylation is 1. The molecule has 4 atom stereocenters. The van der Waals surface area contributed by atoms with Gasteiger partial charge in [0.2, 0.25) is 5.91 Å². The third-order valence-electron chi connectivity index (χ3n) is 8.58. The Balaban J connectivity index is 1.59. The average Bonchev–Trinajstić information content (AvgIpc) is 3.60. The van der Waals surface area contributed by atoms with Crippen molar-refractivity contribution in [3.05, 3.63) is 83.2 Å². The third-order valence-corrected chi connectivity index (χ3v) is 11.2. The lowest BCUT2D eigenvalue weighted by molar-refractivity contribution is -0.348. The normalized spacial score (nSPS) is 23.1. The van der Waals surface area contributed by atoms with Gasteiger partial charge in [-0.1, -0.05) is 18.2 Å². The second-order valence-electron chi connectivity index (χ2n) is 11.0. The molecule has 0 aliphatic heterocycles. The first-order valence-electron chi connectivity index (χ1n) is 13.4. The van der Waals surface area contributed by atoms with Crippen LogP contribution in [0.15, 0.2) is 59.9 Å². The lowest BCUT2D eigenvalue weighted by Gasteiger charge is -2.43. The highest BCUT2D eigenvalue weighted by Crippen LogP contribution is 2.59. The fourth-order valence-electron chi connectivity index (χ4n) is 6.53. The van der Waals surface area contributed by atoms with E-state index in [1.54, 1.807) is 0 Å². The van der Waals surface area contributed by atoms with Crippen molar-refractivity contribution in [3.8, 4) is 0 Å². The lowest BCUT2D eigenvalue weighted by atomic mass is 9.74. The van der Waals surface area contributed by atoms with Gasteiger partial charge in [-0.15, -0.1) is 0 Å². The zero-order chi connectivity index (χ0) is 32.3. The molecule has 1 aromatic heterocycles. The molecule has 0 unspecified atom stereocenters. The van der Waals surface area contributed by atoms with E-state index >= 15 is 0 Å². The quantitative estimate of drug-likeness (QED) is 0.247. The summed E-state index contributed by atoms with van der Waals surface area (Å²) >= 11 is 0. The number of hydrogen-bond donors (Lipinski definition) is 3. The maximum atomic E-state index is 14.9. The van der Waals surface area contributed by atoms with Crippen LogP contribution in [0.3, 0.4) is 0 Å². The fourth-order valence-corrected chi connectivity index (χ4v) is 9.00. The number of imidazole rings is 1. The van der Waals surface area contributed by atoms with Crippen molar-refractivity contribution in [2.24, 2.45) is 5.92 Å². The Bertz CT molecular complexity index is 1630. The number of aliphatic hydroxyl groups is 1. The SMILES string of the molecule is O=C(N[C@@H]1CC[C@@]2(S(=O)(=O)c3ccc(F)cc3)c3ccc(C(F)(C(F)(F)F)C(F)(F)F)cc3CC[C@@H]12)[C@@H](O)Cc1cnc[nH]1. The van der Waals surface area contributed by atoms with E-state index in [9.17, 15) is 53.4 Å². The summed E-state index contributed by atoms with van der Waals surface area (Å²) in [7, 11) is -4.56. The van der Waals surface area contributed by atoms with Crippen molar-refractivity contribution in [2.75, 3.05) is 0 Å². The summed E-state index contributed by atoms with van der Waals surface area (Å²) in [6.07, 6.45) is -12.3. The number of amides is 1. The largest absolute Gasteiger partial charge is 0.435 e. The first-order chi connectivity index (χ1) is 20.4. The Labute approximate surface area is 245 Å². The molecule has 2 aromatic carbocycles. The van der Waals surface area contributed by atoms with Crippen LogP contribution < -0.4 is 5.32 Å². The minimum Gasteiger partial charge on any atom is -0.383 e. The van der Waals surface area contributed by atoms with E-state index in [-0.39, 0.29) is 54.2 Å². The van der Waals surface area contributed by atoms with E-state index in [1.165, 1.54) is 12.5 Å². The summed E-state index contributed by atoms with van der Waals surface area (Å²) in [6, 6.07) is 4.30. The van der Waals surface area contributed by atoms with Crippen LogP contribution in [0.1, 0.15) is 41.6 Å². The minimum atomic E-state index is -6.37. The van der Waals surface area contributed by atoms with Crippen LogP contribution in [-0.4, -0.2) is 53.9 Å². The summed E-state index contributed by atoms with van der Waals surface area (Å²) in [4.78, 5) is 19.1. The van der Waals surface area contributed by atoms with Crippen molar-refractivity contribution in [3.63, 3.8) is 0 Å². The molecular formula is C28H25F8N3O4S. The van der Waals surface area contributed by atoms with Gasteiger partial charge in [-0.3, -0.25) is 4.79 Å². The van der Waals surface area contributed by atoms with Crippen LogP contribution in [0, 0.1) is 11.7 Å². The number of fused-ring (bicyclic) bond motifs is 3. The maximum Gasteiger partial charge on any atom is 0.435 e. The molecule has 3 N–H and O–H groups in total. The molecule has 1 fully saturated rings. The summed E-state index contributed by atoms with van der Waals surface area (Å²) < 4.78 is 136. The van der Waals surface area contributed by atoms with Crippen molar-refractivity contribution in [2.45, 2.75) is 71.9 Å². The smallest absolute Gasteiger partial charge is 0.383 e. The topological polar surface area (TPSA) is 112 Å². The molecule has 3 aromatic rings. The number of aliphatic hydroxyl groups excluding tert-OH is 1. The van der Waals surface area contributed by atoms with Gasteiger partial charge in [-0.25, -0.2) is 22.2 Å². The monoisotopic (exact) mass is 651 g/mol. The van der Waals surface area contributed by atoms with Crippen LogP contribution >= 0.6 is 0 Å². The number of carbonyl (C=O) groups is 1. The van der Waals surface area contributed by atoms with Gasteiger partial charge < -0.3 is 15.4 Å². The molecule has 44 heavy (non-hydrogen) atoms. The predicted octanol–water partition coefficient (Wildman–Crippen LogP) is 4.95. The van der Waals surface area contributed by atoms with E-state index in [4.69, 9.17) is 0 Å². The number of nitrogens with one attached hydrogen (secondary N) is 2. The summed E-state index contributed by atoms with van der Waals surface area (Å²) in [5.74, 6) is -2.55. The number of aromatic amines is 1. The molecule has 0 bridgehead atoms. The highest BCUT2D eigenvalue weighted by atomic mass is 32.2. The Morgan fingerprint density at radius 1 is 1.05 bits per heavy atom. The highest BCUT2D eigenvalue weighted by Gasteiger charge is 2.73. The average molecular weight is 652 g/mol. The van der Waals surface area contributed by atoms with Crippen molar-refractivity contribution >= 4 is 15.7 Å². The Kier molecular flexibility index (Phi) is 7.84. The number of nitrogens with zero attached hydrogens (tertiary/aromatic N) is 1. The predicted molar refractivity (Wildman–Crippen MR) is 138 cm³/mol. The number of sulfone groups is 1. The van der Waals surface area contributed by atoms with E-state index in [1.807, 2.05) is 0 Å². The molecule has 238 valence electrons. The van der Waals surface area contributed by atoms with E-state index in [2.05, 4.69) is 15.3 Å². The van der Waals surface area contributed by atoms with Gasteiger partial charge >= 0.3 is 18.0 Å². The van der Waals surface area contributed by atoms with Gasteiger partial charge in [0.25, 0.3) is 0 Å². The number of hydrogen-bond acceptors (Lipinski definition) is 5. The summed E-state index contributed by atoms with van der Waals surface area (Å²) in [5, 5.41) is 13.1. The van der Waals surface area contributed by atoms with Crippen LogP contribution in [0.2, 0.25) is 0 Å². The number of carbonyl (C=O) groups excluding carboxylic acids is 1. The Hall–Kier alpha value is -3.53. The van der Waals surface area contributed by atoms with Gasteiger partial charge in [0, 0.05) is 35.8 Å². The van der Waals surface area contributed by atoms with Gasteiger partial charge in [-0.2, -0.15) is 26.3 Å². The molecule has 0 saturated heterocycles. The number of halogens is 8. The summed E-state index contributed by atoms with van der Waals surface area (Å²) in [6.45, 7) is 0. The molecule has 1 amide bonds. The van der Waals surface area contributed by atoms with Gasteiger partial charge in [-0.05, 0) is 61.1 Å². The zero-order valence-corrected chi connectivity index (χ0v) is 23.3. The van der Waals surface area contributed by atoms with Crippen LogP contribution in [0.4, 0.5) is 35.1 Å². The molecule has 2 aliphatic rings. The highest BCUT2D eigenvalue weighted by molar-refractivity contribution is 7.92. The number of aromatic nitrogens is 2. The zero-order valence-electron chi connectivity index (χ0n) is 22.5. The standard InChI is InChI=1S/C28H25F8N3O4S/c29-17-3-5-19(6-4-17)44(42,43)25-10-9-22(39-24(41)23(40)12-18-13-37-14-38-18)21(25)7-1-15-11-16(2-8-20(15)25)26(30,27(31,32)33)28(34,35)36/h2-6,8,11,13-14,21-23,40H,1,7,9-10,12H2,(H,37,38)(H,39,41)/t21-,22+,23-,25+/m0/s1. The fraction of sp³-hybridized carbons (Fsp3) is 0.429. The Morgan fingerprint density at radius 3 is 2.30 bits per heavy atom. The molecule has 5 rings (SSSR count). The first kappa shape index (κ1) is 31.9. The molecule has 0 spiro atoms. The lowest BCUT2D eigenvalue weighted by Crippen LogP contribution is -2.52. The van der Waals surface area contributed by atoms with Crippen LogP contribution in [0.25, 0.3) is 0 Å². The summed E-state index contributed by atoms with van der Waals surface area (Å²) in [5.41, 5.74) is -7.38.